The first-order valence-electron chi connectivity index (χ1n) is 6.32. The minimum atomic E-state index is 0.337. The molecular formula is C16H18BrNS. The van der Waals surface area contributed by atoms with Gasteiger partial charge in [-0.1, -0.05) is 45.9 Å². The average molecular weight is 336 g/mol. The summed E-state index contributed by atoms with van der Waals surface area (Å²) in [5.41, 5.74) is 2.64. The van der Waals surface area contributed by atoms with Crippen LogP contribution in [0, 0.1) is 6.92 Å². The Morgan fingerprint density at radius 3 is 2.53 bits per heavy atom. The van der Waals surface area contributed by atoms with E-state index in [1.165, 1.54) is 20.9 Å². The van der Waals surface area contributed by atoms with E-state index in [0.717, 1.165) is 4.47 Å². The molecule has 0 heterocycles. The molecule has 0 radical (unpaired) electrons. The summed E-state index contributed by atoms with van der Waals surface area (Å²) in [4.78, 5) is 2.62. The SMILES string of the molecule is CNC(C)c1cc(Br)ccc1Sc1ccccc1C. The van der Waals surface area contributed by atoms with Crippen molar-refractivity contribution < 1.29 is 0 Å². The van der Waals surface area contributed by atoms with Crippen LogP contribution in [0.25, 0.3) is 0 Å². The Morgan fingerprint density at radius 1 is 1.11 bits per heavy atom. The number of benzene rings is 2. The van der Waals surface area contributed by atoms with Crippen molar-refractivity contribution in [2.24, 2.45) is 0 Å². The second-order valence-electron chi connectivity index (χ2n) is 4.56. The molecule has 0 bridgehead atoms. The maximum Gasteiger partial charge on any atom is 0.0300 e. The van der Waals surface area contributed by atoms with Crippen molar-refractivity contribution in [1.29, 1.82) is 0 Å². The van der Waals surface area contributed by atoms with E-state index in [1.807, 2.05) is 18.8 Å². The molecule has 0 spiro atoms. The van der Waals surface area contributed by atoms with Crippen LogP contribution in [0.15, 0.2) is 56.7 Å². The van der Waals surface area contributed by atoms with Gasteiger partial charge < -0.3 is 5.32 Å². The summed E-state index contributed by atoms with van der Waals surface area (Å²) >= 11 is 5.39. The molecule has 1 nitrogen and oxygen atoms in total. The highest BCUT2D eigenvalue weighted by Crippen LogP contribution is 2.36. The van der Waals surface area contributed by atoms with E-state index >= 15 is 0 Å². The first-order valence-corrected chi connectivity index (χ1v) is 7.93. The van der Waals surface area contributed by atoms with E-state index < -0.39 is 0 Å². The van der Waals surface area contributed by atoms with Gasteiger partial charge in [0.15, 0.2) is 0 Å². The Balaban J connectivity index is 2.37. The van der Waals surface area contributed by atoms with E-state index in [9.17, 15) is 0 Å². The number of aryl methyl sites for hydroxylation is 1. The molecule has 100 valence electrons. The molecule has 0 aliphatic heterocycles. The predicted octanol–water partition coefficient (Wildman–Crippen LogP) is 5.19. The molecule has 0 saturated carbocycles. The first-order chi connectivity index (χ1) is 9.11. The van der Waals surface area contributed by atoms with E-state index in [1.54, 1.807) is 0 Å². The lowest BCUT2D eigenvalue weighted by molar-refractivity contribution is 0.641. The van der Waals surface area contributed by atoms with Crippen LogP contribution in [0.2, 0.25) is 0 Å². The molecule has 1 atom stereocenters. The van der Waals surface area contributed by atoms with Gasteiger partial charge in [0.25, 0.3) is 0 Å². The minimum absolute atomic E-state index is 0.337. The van der Waals surface area contributed by atoms with Gasteiger partial charge in [0, 0.05) is 20.3 Å². The van der Waals surface area contributed by atoms with Crippen molar-refractivity contribution in [3.05, 3.63) is 58.1 Å². The normalized spacial score (nSPS) is 12.4. The number of halogens is 1. The van der Waals surface area contributed by atoms with Gasteiger partial charge in [-0.15, -0.1) is 0 Å². The summed E-state index contributed by atoms with van der Waals surface area (Å²) < 4.78 is 1.12. The Hall–Kier alpha value is -0.770. The molecule has 3 heteroatoms. The summed E-state index contributed by atoms with van der Waals surface area (Å²) in [7, 11) is 1.99. The Morgan fingerprint density at radius 2 is 1.84 bits per heavy atom. The second kappa shape index (κ2) is 6.60. The van der Waals surface area contributed by atoms with E-state index in [0.29, 0.717) is 6.04 Å². The molecular weight excluding hydrogens is 318 g/mol. The highest BCUT2D eigenvalue weighted by atomic mass is 79.9. The number of rotatable bonds is 4. The smallest absolute Gasteiger partial charge is 0.0300 e. The lowest BCUT2D eigenvalue weighted by Crippen LogP contribution is -2.13. The fraction of sp³-hybridized carbons (Fsp3) is 0.250. The van der Waals surface area contributed by atoms with Crippen LogP contribution >= 0.6 is 27.7 Å². The third kappa shape index (κ3) is 3.62. The topological polar surface area (TPSA) is 12.0 Å². The van der Waals surface area contributed by atoms with Crippen molar-refractivity contribution in [3.8, 4) is 0 Å². The standard InChI is InChI=1S/C16H18BrNS/c1-11-6-4-5-7-15(11)19-16-9-8-13(17)10-14(16)12(2)18-3/h4-10,12,18H,1-3H3. The molecule has 1 N–H and O–H groups in total. The van der Waals surface area contributed by atoms with Gasteiger partial charge in [0.05, 0.1) is 0 Å². The molecule has 0 aliphatic carbocycles. The first kappa shape index (κ1) is 14.6. The average Bonchev–Trinajstić information content (AvgIpc) is 2.42. The lowest BCUT2D eigenvalue weighted by Gasteiger charge is -2.16. The minimum Gasteiger partial charge on any atom is -0.313 e. The van der Waals surface area contributed by atoms with Gasteiger partial charge in [-0.25, -0.2) is 0 Å². The van der Waals surface area contributed by atoms with Crippen molar-refractivity contribution in [2.45, 2.75) is 29.7 Å². The quantitative estimate of drug-likeness (QED) is 0.825. The van der Waals surface area contributed by atoms with Gasteiger partial charge in [0.2, 0.25) is 0 Å². The van der Waals surface area contributed by atoms with Gasteiger partial charge >= 0.3 is 0 Å². The highest BCUT2D eigenvalue weighted by molar-refractivity contribution is 9.10. The van der Waals surface area contributed by atoms with Crippen molar-refractivity contribution >= 4 is 27.7 Å². The van der Waals surface area contributed by atoms with Gasteiger partial charge in [-0.2, -0.15) is 0 Å². The summed E-state index contributed by atoms with van der Waals surface area (Å²) in [5.74, 6) is 0. The van der Waals surface area contributed by atoms with Crippen LogP contribution in [0.3, 0.4) is 0 Å². The molecule has 0 aliphatic rings. The maximum absolute atomic E-state index is 3.56. The molecule has 0 amide bonds. The third-order valence-electron chi connectivity index (χ3n) is 3.18. The largest absolute Gasteiger partial charge is 0.313 e. The number of hydrogen-bond donors (Lipinski definition) is 1. The summed E-state index contributed by atoms with van der Waals surface area (Å²) in [6, 6.07) is 15.3. The second-order valence-corrected chi connectivity index (χ2v) is 6.56. The van der Waals surface area contributed by atoms with E-state index in [4.69, 9.17) is 0 Å². The fourth-order valence-electron chi connectivity index (χ4n) is 1.90. The van der Waals surface area contributed by atoms with Gasteiger partial charge in [0.1, 0.15) is 0 Å². The predicted molar refractivity (Wildman–Crippen MR) is 86.9 cm³/mol. The molecule has 19 heavy (non-hydrogen) atoms. The van der Waals surface area contributed by atoms with Crippen molar-refractivity contribution in [1.82, 2.24) is 5.32 Å². The summed E-state index contributed by atoms with van der Waals surface area (Å²) in [5, 5.41) is 3.32. The summed E-state index contributed by atoms with van der Waals surface area (Å²) in [6.45, 7) is 4.34. The Bertz CT molecular complexity index is 568. The van der Waals surface area contributed by atoms with Crippen molar-refractivity contribution in [2.75, 3.05) is 7.05 Å². The van der Waals surface area contributed by atoms with Gasteiger partial charge in [-0.05, 0) is 56.3 Å². The van der Waals surface area contributed by atoms with Crippen LogP contribution in [0.5, 0.6) is 0 Å². The zero-order valence-corrected chi connectivity index (χ0v) is 13.8. The van der Waals surface area contributed by atoms with Crippen LogP contribution in [0.1, 0.15) is 24.1 Å². The molecule has 0 fully saturated rings. The van der Waals surface area contributed by atoms with E-state index in [-0.39, 0.29) is 0 Å². The number of hydrogen-bond acceptors (Lipinski definition) is 2. The number of nitrogens with one attached hydrogen (secondary N) is 1. The molecule has 2 aromatic rings. The van der Waals surface area contributed by atoms with Crippen LogP contribution in [-0.4, -0.2) is 7.05 Å². The van der Waals surface area contributed by atoms with E-state index in [2.05, 4.69) is 77.6 Å². The van der Waals surface area contributed by atoms with Crippen LogP contribution in [-0.2, 0) is 0 Å². The van der Waals surface area contributed by atoms with Crippen LogP contribution < -0.4 is 5.32 Å². The van der Waals surface area contributed by atoms with Crippen molar-refractivity contribution in [3.63, 3.8) is 0 Å². The molecule has 0 saturated heterocycles. The van der Waals surface area contributed by atoms with Crippen LogP contribution in [0.4, 0.5) is 0 Å². The highest BCUT2D eigenvalue weighted by Gasteiger charge is 2.11. The third-order valence-corrected chi connectivity index (χ3v) is 4.95. The van der Waals surface area contributed by atoms with Gasteiger partial charge in [-0.3, -0.25) is 0 Å². The zero-order chi connectivity index (χ0) is 13.8. The molecule has 1 unspecified atom stereocenters. The maximum atomic E-state index is 3.56. The summed E-state index contributed by atoms with van der Waals surface area (Å²) in [6.07, 6.45) is 0. The monoisotopic (exact) mass is 335 g/mol. The molecule has 0 aromatic heterocycles. The Labute approximate surface area is 127 Å². The fourth-order valence-corrected chi connectivity index (χ4v) is 3.38. The lowest BCUT2D eigenvalue weighted by atomic mass is 10.1. The molecule has 2 rings (SSSR count). The zero-order valence-electron chi connectivity index (χ0n) is 11.4. The molecule has 2 aromatic carbocycles. The Kier molecular flexibility index (Phi) is 5.08.